The normalized spacial score (nSPS) is 31.0. The predicted octanol–water partition coefficient (Wildman–Crippen LogP) is 3.61. The lowest BCUT2D eigenvalue weighted by atomic mass is 9.71. The number of rotatable bonds is 4. The molecule has 1 amide bonds. The van der Waals surface area contributed by atoms with E-state index in [0.717, 1.165) is 44.0 Å². The lowest BCUT2D eigenvalue weighted by Gasteiger charge is -2.57. The smallest absolute Gasteiger partial charge is 0.261 e. The molecule has 3 saturated heterocycles. The van der Waals surface area contributed by atoms with Gasteiger partial charge < -0.3 is 9.88 Å². The number of nitrogens with zero attached hydrogens (tertiary/aromatic N) is 2. The summed E-state index contributed by atoms with van der Waals surface area (Å²) in [5, 5.41) is 0. The van der Waals surface area contributed by atoms with Crippen LogP contribution in [-0.4, -0.2) is 52.4 Å². The summed E-state index contributed by atoms with van der Waals surface area (Å²) in [6, 6.07) is 3.13. The monoisotopic (exact) mass is 411 g/mol. The average molecular weight is 412 g/mol. The average Bonchev–Trinajstić information content (AvgIpc) is 3.19. The fourth-order valence-electron chi connectivity index (χ4n) is 6.82. The van der Waals surface area contributed by atoms with Crippen molar-refractivity contribution in [2.24, 2.45) is 17.8 Å². The lowest BCUT2D eigenvalue weighted by molar-refractivity contribution is -0.0682. The molecule has 5 rings (SSSR count). The fourth-order valence-corrected chi connectivity index (χ4v) is 6.82. The third-order valence-electron chi connectivity index (χ3n) is 8.27. The molecule has 5 heteroatoms. The summed E-state index contributed by atoms with van der Waals surface area (Å²) >= 11 is 0. The van der Waals surface area contributed by atoms with Gasteiger partial charge in [0.25, 0.3) is 11.5 Å². The van der Waals surface area contributed by atoms with Crippen LogP contribution in [0.4, 0.5) is 0 Å². The number of fused-ring (bicyclic) bond motifs is 5. The number of aryl methyl sites for hydroxylation is 2. The van der Waals surface area contributed by atoms with Gasteiger partial charge in [-0.25, -0.2) is 0 Å². The van der Waals surface area contributed by atoms with Crippen molar-refractivity contribution < 1.29 is 4.79 Å². The maximum atomic E-state index is 13.5. The number of carbonyl (C=O) groups excluding carboxylic acids is 1. The van der Waals surface area contributed by atoms with Crippen LogP contribution in [0.25, 0.3) is 0 Å². The Bertz CT molecular complexity index is 860. The van der Waals surface area contributed by atoms with Crippen molar-refractivity contribution in [2.45, 2.75) is 83.7 Å². The largest absolute Gasteiger partial charge is 0.338 e. The first-order valence-electron chi connectivity index (χ1n) is 12.3. The molecule has 0 spiro atoms. The predicted molar refractivity (Wildman–Crippen MR) is 119 cm³/mol. The van der Waals surface area contributed by atoms with Crippen LogP contribution < -0.4 is 5.56 Å². The highest BCUT2D eigenvalue weighted by molar-refractivity contribution is 5.94. The molecule has 0 radical (unpaired) electrons. The first-order chi connectivity index (χ1) is 14.5. The topological polar surface area (TPSA) is 56.4 Å². The summed E-state index contributed by atoms with van der Waals surface area (Å²) in [7, 11) is 0. The molecule has 30 heavy (non-hydrogen) atoms. The van der Waals surface area contributed by atoms with E-state index in [4.69, 9.17) is 0 Å². The summed E-state index contributed by atoms with van der Waals surface area (Å²) in [4.78, 5) is 34.0. The zero-order valence-electron chi connectivity index (χ0n) is 18.7. The van der Waals surface area contributed by atoms with Crippen LogP contribution >= 0.6 is 0 Å². The van der Waals surface area contributed by atoms with Gasteiger partial charge in [0.15, 0.2) is 0 Å². The van der Waals surface area contributed by atoms with Crippen LogP contribution in [-0.2, 0) is 12.8 Å². The second-order valence-corrected chi connectivity index (χ2v) is 10.7. The van der Waals surface area contributed by atoms with E-state index in [1.165, 1.54) is 50.6 Å². The van der Waals surface area contributed by atoms with Gasteiger partial charge in [0.1, 0.15) is 5.56 Å². The number of pyridine rings is 1. The van der Waals surface area contributed by atoms with E-state index in [0.29, 0.717) is 29.5 Å². The van der Waals surface area contributed by atoms with Crippen LogP contribution in [0.3, 0.4) is 0 Å². The van der Waals surface area contributed by atoms with Crippen LogP contribution in [0.5, 0.6) is 0 Å². The zero-order chi connectivity index (χ0) is 20.8. The summed E-state index contributed by atoms with van der Waals surface area (Å²) in [5.41, 5.74) is 2.39. The highest BCUT2D eigenvalue weighted by Crippen LogP contribution is 2.43. The van der Waals surface area contributed by atoms with Gasteiger partial charge in [0, 0.05) is 30.9 Å². The summed E-state index contributed by atoms with van der Waals surface area (Å²) < 4.78 is 0. The number of aromatic nitrogens is 1. The molecule has 1 aromatic rings. The van der Waals surface area contributed by atoms with Gasteiger partial charge in [0.2, 0.25) is 0 Å². The molecular weight excluding hydrogens is 374 g/mol. The molecule has 0 aromatic carbocycles. The molecule has 3 fully saturated rings. The van der Waals surface area contributed by atoms with Crippen LogP contribution in [0.1, 0.15) is 80.4 Å². The maximum absolute atomic E-state index is 13.5. The molecule has 0 saturated carbocycles. The van der Waals surface area contributed by atoms with Gasteiger partial charge in [-0.3, -0.25) is 14.5 Å². The number of carbonyl (C=O) groups is 1. The van der Waals surface area contributed by atoms with Crippen LogP contribution in [0.15, 0.2) is 10.9 Å². The molecule has 4 atom stereocenters. The van der Waals surface area contributed by atoms with Gasteiger partial charge in [-0.05, 0) is 87.3 Å². The zero-order valence-corrected chi connectivity index (χ0v) is 18.7. The molecule has 1 aromatic heterocycles. The number of hydrogen-bond acceptors (Lipinski definition) is 3. The Balaban J connectivity index is 1.39. The van der Waals surface area contributed by atoms with Crippen molar-refractivity contribution in [1.29, 1.82) is 0 Å². The van der Waals surface area contributed by atoms with Crippen molar-refractivity contribution in [1.82, 2.24) is 14.8 Å². The van der Waals surface area contributed by atoms with Crippen molar-refractivity contribution in [2.75, 3.05) is 19.6 Å². The van der Waals surface area contributed by atoms with E-state index < -0.39 is 0 Å². The summed E-state index contributed by atoms with van der Waals surface area (Å²) in [5.74, 6) is 1.80. The van der Waals surface area contributed by atoms with Crippen LogP contribution in [0.2, 0.25) is 0 Å². The quantitative estimate of drug-likeness (QED) is 0.823. The molecule has 5 nitrogen and oxygen atoms in total. The van der Waals surface area contributed by atoms with Gasteiger partial charge >= 0.3 is 0 Å². The van der Waals surface area contributed by atoms with E-state index in [2.05, 4.69) is 23.7 Å². The molecular formula is C25H37N3O2. The molecule has 0 unspecified atom stereocenters. The first-order valence-corrected chi connectivity index (χ1v) is 12.3. The standard InChI is InChI=1S/C25H37N3O2/c1-16(2)9-10-23-19-12-18(22-8-3-4-11-28(22)23)14-27(15-19)25(30)20-13-17-6-5-7-21(17)26-24(20)29/h13,16,18-19,22-23H,3-12,14-15H2,1-2H3,(H,26,29)/t18-,19+,22+,23+/m1/s1. The van der Waals surface area contributed by atoms with Crippen molar-refractivity contribution in [3.05, 3.63) is 33.2 Å². The van der Waals surface area contributed by atoms with E-state index in [-0.39, 0.29) is 11.5 Å². The second kappa shape index (κ2) is 8.14. The second-order valence-electron chi connectivity index (χ2n) is 10.7. The van der Waals surface area contributed by atoms with Gasteiger partial charge in [-0.1, -0.05) is 20.3 Å². The molecule has 1 aliphatic carbocycles. The Morgan fingerprint density at radius 1 is 1.17 bits per heavy atom. The number of aromatic amines is 1. The van der Waals surface area contributed by atoms with Crippen molar-refractivity contribution in [3.8, 4) is 0 Å². The molecule has 3 aliphatic heterocycles. The fraction of sp³-hybridized carbons (Fsp3) is 0.760. The van der Waals surface area contributed by atoms with Crippen LogP contribution in [0, 0.1) is 17.8 Å². The SMILES string of the molecule is CC(C)CC[C@H]1[C@H]2C[C@H](CN(C(=O)c3cc4c([nH]c3=O)CCC4)C2)[C@@H]2CCCCN21. The van der Waals surface area contributed by atoms with Crippen molar-refractivity contribution in [3.63, 3.8) is 0 Å². The minimum atomic E-state index is -0.188. The van der Waals surface area contributed by atoms with E-state index in [1.807, 2.05) is 11.0 Å². The Labute approximate surface area is 180 Å². The van der Waals surface area contributed by atoms with E-state index in [9.17, 15) is 9.59 Å². The molecule has 164 valence electrons. The van der Waals surface area contributed by atoms with E-state index in [1.54, 1.807) is 0 Å². The molecule has 4 aliphatic rings. The van der Waals surface area contributed by atoms with Crippen molar-refractivity contribution >= 4 is 5.91 Å². The third-order valence-corrected chi connectivity index (χ3v) is 8.27. The Kier molecular flexibility index (Phi) is 5.51. The molecule has 1 N–H and O–H groups in total. The summed E-state index contributed by atoms with van der Waals surface area (Å²) in [6.45, 7) is 7.51. The number of hydrogen-bond donors (Lipinski definition) is 1. The number of piperidine rings is 3. The lowest BCUT2D eigenvalue weighted by Crippen LogP contribution is -2.64. The van der Waals surface area contributed by atoms with Gasteiger partial charge in [-0.2, -0.15) is 0 Å². The number of amides is 1. The number of nitrogens with one attached hydrogen (secondary N) is 1. The Morgan fingerprint density at radius 2 is 2.00 bits per heavy atom. The highest BCUT2D eigenvalue weighted by Gasteiger charge is 2.47. The minimum Gasteiger partial charge on any atom is -0.338 e. The number of likely N-dealkylation sites (tertiary alicyclic amines) is 1. The van der Waals surface area contributed by atoms with E-state index >= 15 is 0 Å². The number of H-pyrrole nitrogens is 1. The third kappa shape index (κ3) is 3.63. The first kappa shape index (κ1) is 20.3. The maximum Gasteiger partial charge on any atom is 0.261 e. The molecule has 2 bridgehead atoms. The Morgan fingerprint density at radius 3 is 2.83 bits per heavy atom. The molecule has 4 heterocycles. The minimum absolute atomic E-state index is 0.0347. The highest BCUT2D eigenvalue weighted by atomic mass is 16.2. The van der Waals surface area contributed by atoms with Gasteiger partial charge in [-0.15, -0.1) is 0 Å². The summed E-state index contributed by atoms with van der Waals surface area (Å²) in [6.07, 6.45) is 10.7. The Hall–Kier alpha value is -1.62. The van der Waals surface area contributed by atoms with Gasteiger partial charge in [0.05, 0.1) is 0 Å².